The number of rotatable bonds is 7. The molecule has 0 aromatic heterocycles. The predicted octanol–water partition coefficient (Wildman–Crippen LogP) is 0.243. The van der Waals surface area contributed by atoms with Crippen molar-refractivity contribution in [3.8, 4) is 11.5 Å². The molecule has 0 spiro atoms. The summed E-state index contributed by atoms with van der Waals surface area (Å²) in [5.74, 6) is 1.62. The van der Waals surface area contributed by atoms with Crippen LogP contribution in [0.25, 0.3) is 0 Å². The van der Waals surface area contributed by atoms with Gasteiger partial charge in [0, 0.05) is 18.2 Å². The summed E-state index contributed by atoms with van der Waals surface area (Å²) in [6.07, 6.45) is 0. The van der Waals surface area contributed by atoms with Crippen molar-refractivity contribution in [1.82, 2.24) is 5.32 Å². The number of carbonyl (C=O) groups is 1. The molecular formula is C15H25N2O3+. The Kier molecular flexibility index (Phi) is 6.31. The van der Waals surface area contributed by atoms with E-state index in [1.807, 2.05) is 39.1 Å². The van der Waals surface area contributed by atoms with E-state index in [-0.39, 0.29) is 11.9 Å². The Morgan fingerprint density at radius 3 is 2.60 bits per heavy atom. The molecule has 0 fully saturated rings. The molecule has 2 N–H and O–H groups in total. The molecule has 5 nitrogen and oxygen atoms in total. The van der Waals surface area contributed by atoms with Gasteiger partial charge >= 0.3 is 0 Å². The zero-order valence-corrected chi connectivity index (χ0v) is 12.9. The highest BCUT2D eigenvalue weighted by molar-refractivity contribution is 5.79. The van der Waals surface area contributed by atoms with Crippen LogP contribution in [-0.4, -0.2) is 39.8 Å². The fourth-order valence-corrected chi connectivity index (χ4v) is 2.00. The quantitative estimate of drug-likeness (QED) is 0.753. The number of benzene rings is 1. The van der Waals surface area contributed by atoms with Crippen molar-refractivity contribution in [2.45, 2.75) is 26.4 Å². The number of hydrogen-bond donors (Lipinski definition) is 2. The van der Waals surface area contributed by atoms with E-state index in [9.17, 15) is 4.79 Å². The van der Waals surface area contributed by atoms with Crippen LogP contribution in [0.1, 0.15) is 19.4 Å². The molecule has 0 saturated carbocycles. The maximum atomic E-state index is 11.8. The topological polar surface area (TPSA) is 52.0 Å². The monoisotopic (exact) mass is 281 g/mol. The number of amides is 1. The van der Waals surface area contributed by atoms with Crippen molar-refractivity contribution in [2.24, 2.45) is 0 Å². The summed E-state index contributed by atoms with van der Waals surface area (Å²) in [6.45, 7) is 5.22. The summed E-state index contributed by atoms with van der Waals surface area (Å²) >= 11 is 0. The van der Waals surface area contributed by atoms with Crippen LogP contribution < -0.4 is 19.7 Å². The molecule has 20 heavy (non-hydrogen) atoms. The molecule has 1 aromatic rings. The van der Waals surface area contributed by atoms with Gasteiger partial charge in [0.2, 0.25) is 0 Å². The second-order valence-corrected chi connectivity index (χ2v) is 4.82. The molecule has 1 aromatic carbocycles. The van der Waals surface area contributed by atoms with Gasteiger partial charge in [-0.1, -0.05) is 0 Å². The van der Waals surface area contributed by atoms with Crippen LogP contribution >= 0.6 is 0 Å². The smallest absolute Gasteiger partial charge is 0.278 e. The van der Waals surface area contributed by atoms with E-state index in [2.05, 4.69) is 5.32 Å². The van der Waals surface area contributed by atoms with Gasteiger partial charge in [-0.05, 0) is 26.0 Å². The van der Waals surface area contributed by atoms with Gasteiger partial charge in [-0.2, -0.15) is 0 Å². The van der Waals surface area contributed by atoms with E-state index in [0.717, 1.165) is 22.0 Å². The molecule has 0 aliphatic heterocycles. The van der Waals surface area contributed by atoms with E-state index >= 15 is 0 Å². The van der Waals surface area contributed by atoms with Crippen molar-refractivity contribution < 1.29 is 19.2 Å². The fourth-order valence-electron chi connectivity index (χ4n) is 2.00. The van der Waals surface area contributed by atoms with Gasteiger partial charge in [-0.3, -0.25) is 4.79 Å². The van der Waals surface area contributed by atoms with Crippen LogP contribution in [-0.2, 0) is 11.3 Å². The molecule has 1 rings (SSSR count). The highest BCUT2D eigenvalue weighted by Gasteiger charge is 2.22. The lowest BCUT2D eigenvalue weighted by Gasteiger charge is -2.22. The molecule has 0 aliphatic carbocycles. The molecule has 0 heterocycles. The fraction of sp³-hybridized carbons (Fsp3) is 0.533. The number of hydrogen-bond acceptors (Lipinski definition) is 3. The lowest BCUT2D eigenvalue weighted by Crippen LogP contribution is -3.12. The molecule has 2 atom stereocenters. The van der Waals surface area contributed by atoms with Crippen molar-refractivity contribution in [2.75, 3.05) is 27.8 Å². The SMILES string of the molecule is CCNC(=O)[C@H](C)[NH+](C)Cc1ccc(OC)cc1OC. The van der Waals surface area contributed by atoms with Crippen LogP contribution in [0.15, 0.2) is 18.2 Å². The first kappa shape index (κ1) is 16.3. The van der Waals surface area contributed by atoms with E-state index in [1.54, 1.807) is 14.2 Å². The Balaban J connectivity index is 2.79. The number of ether oxygens (including phenoxy) is 2. The maximum absolute atomic E-state index is 11.8. The normalized spacial score (nSPS) is 13.4. The van der Waals surface area contributed by atoms with Crippen LogP contribution in [0.4, 0.5) is 0 Å². The van der Waals surface area contributed by atoms with E-state index < -0.39 is 0 Å². The van der Waals surface area contributed by atoms with Gasteiger partial charge in [0.1, 0.15) is 18.0 Å². The summed E-state index contributed by atoms with van der Waals surface area (Å²) < 4.78 is 10.6. The molecule has 0 radical (unpaired) electrons. The minimum Gasteiger partial charge on any atom is -0.497 e. The van der Waals surface area contributed by atoms with Gasteiger partial charge in [0.05, 0.1) is 21.3 Å². The van der Waals surface area contributed by atoms with Crippen molar-refractivity contribution >= 4 is 5.91 Å². The largest absolute Gasteiger partial charge is 0.497 e. The third kappa shape index (κ3) is 4.13. The summed E-state index contributed by atoms with van der Waals surface area (Å²) in [4.78, 5) is 13.0. The Morgan fingerprint density at radius 2 is 2.05 bits per heavy atom. The van der Waals surface area contributed by atoms with Crippen LogP contribution in [0.3, 0.4) is 0 Å². The van der Waals surface area contributed by atoms with Gasteiger partial charge in [0.25, 0.3) is 5.91 Å². The minimum atomic E-state index is -0.109. The predicted molar refractivity (Wildman–Crippen MR) is 78.3 cm³/mol. The third-order valence-corrected chi connectivity index (χ3v) is 3.45. The summed E-state index contributed by atoms with van der Waals surface area (Å²) in [5.41, 5.74) is 1.06. The van der Waals surface area contributed by atoms with Crippen LogP contribution in [0.5, 0.6) is 11.5 Å². The minimum absolute atomic E-state index is 0.0671. The second-order valence-electron chi connectivity index (χ2n) is 4.82. The molecular weight excluding hydrogens is 256 g/mol. The molecule has 0 bridgehead atoms. The summed E-state index contributed by atoms with van der Waals surface area (Å²) in [5, 5.41) is 2.85. The Bertz CT molecular complexity index is 449. The zero-order valence-electron chi connectivity index (χ0n) is 12.9. The number of likely N-dealkylation sites (N-methyl/N-ethyl adjacent to an activating group) is 2. The van der Waals surface area contributed by atoms with E-state index in [4.69, 9.17) is 9.47 Å². The molecule has 0 saturated heterocycles. The maximum Gasteiger partial charge on any atom is 0.278 e. The van der Waals surface area contributed by atoms with Crippen molar-refractivity contribution in [3.05, 3.63) is 23.8 Å². The first-order valence-electron chi connectivity index (χ1n) is 6.84. The molecule has 0 aliphatic rings. The van der Waals surface area contributed by atoms with Gasteiger partial charge < -0.3 is 19.7 Å². The summed E-state index contributed by atoms with van der Waals surface area (Å²) in [6, 6.07) is 5.63. The highest BCUT2D eigenvalue weighted by atomic mass is 16.5. The van der Waals surface area contributed by atoms with Gasteiger partial charge in [0.15, 0.2) is 6.04 Å². The van der Waals surface area contributed by atoms with Crippen molar-refractivity contribution in [1.29, 1.82) is 0 Å². The Hall–Kier alpha value is -1.75. The van der Waals surface area contributed by atoms with Gasteiger partial charge in [-0.25, -0.2) is 0 Å². The molecule has 1 unspecified atom stereocenters. The average Bonchev–Trinajstić information content (AvgIpc) is 2.46. The Labute approximate surface area is 120 Å². The van der Waals surface area contributed by atoms with Crippen LogP contribution in [0, 0.1) is 0 Å². The Morgan fingerprint density at radius 1 is 1.35 bits per heavy atom. The second kappa shape index (κ2) is 7.75. The average molecular weight is 281 g/mol. The number of nitrogens with one attached hydrogen (secondary N) is 2. The third-order valence-electron chi connectivity index (χ3n) is 3.45. The number of quaternary nitrogens is 1. The lowest BCUT2D eigenvalue weighted by atomic mass is 10.1. The molecule has 1 amide bonds. The lowest BCUT2D eigenvalue weighted by molar-refractivity contribution is -0.908. The molecule has 5 heteroatoms. The van der Waals surface area contributed by atoms with E-state index in [0.29, 0.717) is 13.1 Å². The first-order valence-corrected chi connectivity index (χ1v) is 6.84. The first-order chi connectivity index (χ1) is 9.53. The van der Waals surface area contributed by atoms with Crippen LogP contribution in [0.2, 0.25) is 0 Å². The number of carbonyl (C=O) groups excluding carboxylic acids is 1. The zero-order chi connectivity index (χ0) is 15.1. The standard InChI is InChI=1S/C15H24N2O3/c1-6-16-15(18)11(2)17(3)10-12-7-8-13(19-4)9-14(12)20-5/h7-9,11H,6,10H2,1-5H3,(H,16,18)/p+1/t11-/m0/s1. The summed E-state index contributed by atoms with van der Waals surface area (Å²) in [7, 11) is 5.27. The molecule has 112 valence electrons. The van der Waals surface area contributed by atoms with Gasteiger partial charge in [-0.15, -0.1) is 0 Å². The highest BCUT2D eigenvalue weighted by Crippen LogP contribution is 2.23. The van der Waals surface area contributed by atoms with Crippen molar-refractivity contribution in [3.63, 3.8) is 0 Å². The number of methoxy groups -OCH3 is 2. The van der Waals surface area contributed by atoms with E-state index in [1.165, 1.54) is 0 Å².